The number of thiazole rings is 1. The summed E-state index contributed by atoms with van der Waals surface area (Å²) in [5.41, 5.74) is 8.51. The van der Waals surface area contributed by atoms with E-state index < -0.39 is 5.97 Å². The third-order valence-electron chi connectivity index (χ3n) is 5.24. The van der Waals surface area contributed by atoms with Gasteiger partial charge in [0.1, 0.15) is 10.6 Å². The highest BCUT2D eigenvalue weighted by atomic mass is 32.1. The van der Waals surface area contributed by atoms with E-state index in [4.69, 9.17) is 5.73 Å². The van der Waals surface area contributed by atoms with E-state index in [2.05, 4.69) is 27.4 Å². The molecule has 3 heterocycles. The van der Waals surface area contributed by atoms with E-state index in [0.29, 0.717) is 10.8 Å². The Balaban J connectivity index is 1.46. The molecule has 5 N–H and O–H groups in total. The van der Waals surface area contributed by atoms with Gasteiger partial charge in [0.05, 0.1) is 17.1 Å². The average Bonchev–Trinajstić information content (AvgIpc) is 3.39. The predicted octanol–water partition coefficient (Wildman–Crippen LogP) is 4.22. The molecule has 2 aromatic heterocycles. The average molecular weight is 458 g/mol. The van der Waals surface area contributed by atoms with Crippen molar-refractivity contribution in [2.45, 2.75) is 25.3 Å². The maximum Gasteiger partial charge on any atom is 0.348 e. The third kappa shape index (κ3) is 4.87. The Morgan fingerprint density at radius 2 is 1.90 bits per heavy atom. The van der Waals surface area contributed by atoms with Crippen molar-refractivity contribution in [3.8, 4) is 0 Å². The molecule has 31 heavy (non-hydrogen) atoms. The van der Waals surface area contributed by atoms with Crippen LogP contribution in [0.2, 0.25) is 0 Å². The number of carboxylic acid groups (broad SMARTS) is 1. The molecule has 1 saturated heterocycles. The van der Waals surface area contributed by atoms with Crippen LogP contribution in [0.1, 0.15) is 39.9 Å². The predicted molar refractivity (Wildman–Crippen MR) is 125 cm³/mol. The molecule has 0 unspecified atom stereocenters. The molecular formula is C21H23N5O3S2. The zero-order chi connectivity index (χ0) is 22.0. The maximum atomic E-state index is 12.8. The summed E-state index contributed by atoms with van der Waals surface area (Å²) in [4.78, 5) is 30.8. The topological polar surface area (TPSA) is 121 Å². The van der Waals surface area contributed by atoms with Gasteiger partial charge in [-0.3, -0.25) is 4.79 Å². The lowest BCUT2D eigenvalue weighted by atomic mass is 9.90. The molecule has 4 rings (SSSR count). The fraction of sp³-hybridized carbons (Fsp3) is 0.286. The van der Waals surface area contributed by atoms with Crippen LogP contribution in [-0.4, -0.2) is 40.6 Å². The number of benzene rings is 1. The van der Waals surface area contributed by atoms with Gasteiger partial charge in [-0.2, -0.15) is 0 Å². The highest BCUT2D eigenvalue weighted by Gasteiger charge is 2.27. The van der Waals surface area contributed by atoms with E-state index in [1.54, 1.807) is 16.8 Å². The molecule has 1 amide bonds. The minimum absolute atomic E-state index is 0.151. The number of para-hydroxylation sites is 2. The van der Waals surface area contributed by atoms with Crippen LogP contribution in [0, 0.1) is 0 Å². The number of nitrogens with one attached hydrogen (secondary N) is 2. The Morgan fingerprint density at radius 1 is 1.16 bits per heavy atom. The molecule has 0 saturated carbocycles. The Labute approximate surface area is 187 Å². The zero-order valence-corrected chi connectivity index (χ0v) is 18.6. The van der Waals surface area contributed by atoms with Crippen LogP contribution in [0.4, 0.5) is 22.2 Å². The van der Waals surface area contributed by atoms with Crippen LogP contribution < -0.4 is 21.3 Å². The maximum absolute atomic E-state index is 12.8. The summed E-state index contributed by atoms with van der Waals surface area (Å²) in [5, 5.41) is 19.0. The van der Waals surface area contributed by atoms with Crippen molar-refractivity contribution in [2.24, 2.45) is 5.73 Å². The number of anilines is 4. The van der Waals surface area contributed by atoms with Gasteiger partial charge in [-0.1, -0.05) is 12.1 Å². The number of aromatic nitrogens is 1. The summed E-state index contributed by atoms with van der Waals surface area (Å²) in [6.07, 6.45) is 1.77. The number of carbonyl (C=O) groups is 2. The molecule has 0 atom stereocenters. The lowest BCUT2D eigenvalue weighted by molar-refractivity contribution is 0.0703. The highest BCUT2D eigenvalue weighted by molar-refractivity contribution is 7.14. The van der Waals surface area contributed by atoms with Crippen LogP contribution in [0.25, 0.3) is 0 Å². The van der Waals surface area contributed by atoms with Gasteiger partial charge in [0.2, 0.25) is 0 Å². The van der Waals surface area contributed by atoms with Crippen LogP contribution >= 0.6 is 22.7 Å². The first-order chi connectivity index (χ1) is 14.8. The van der Waals surface area contributed by atoms with E-state index in [9.17, 15) is 14.7 Å². The monoisotopic (exact) mass is 457 g/mol. The van der Waals surface area contributed by atoms with Crippen molar-refractivity contribution < 1.29 is 14.7 Å². The number of hydrogen-bond donors (Lipinski definition) is 4. The number of carboxylic acids is 1. The van der Waals surface area contributed by atoms with Crippen molar-refractivity contribution in [1.82, 2.24) is 4.98 Å². The van der Waals surface area contributed by atoms with E-state index >= 15 is 0 Å². The Hall–Kier alpha value is -2.95. The number of hydrogen-bond acceptors (Lipinski definition) is 8. The van der Waals surface area contributed by atoms with Gasteiger partial charge >= 0.3 is 5.97 Å². The van der Waals surface area contributed by atoms with E-state index in [1.807, 2.05) is 24.3 Å². The summed E-state index contributed by atoms with van der Waals surface area (Å²) in [6, 6.07) is 9.38. The Morgan fingerprint density at radius 3 is 2.65 bits per heavy atom. The van der Waals surface area contributed by atoms with E-state index in [-0.39, 0.29) is 22.0 Å². The van der Waals surface area contributed by atoms with Crippen LogP contribution in [0.15, 0.2) is 41.1 Å². The lowest BCUT2D eigenvalue weighted by Gasteiger charge is -2.38. The normalized spacial score (nSPS) is 15.5. The van der Waals surface area contributed by atoms with Gasteiger partial charge in [-0.15, -0.1) is 22.7 Å². The van der Waals surface area contributed by atoms with E-state index in [0.717, 1.165) is 48.6 Å². The summed E-state index contributed by atoms with van der Waals surface area (Å²) in [6.45, 7) is 3.73. The number of rotatable bonds is 6. The standard InChI is InChI=1S/C21H23N5O3S2/c1-21(22)7-9-26(10-8-21)16-5-3-2-4-13(16)23-18(27)15-12-31-20(25-15)24-14-6-11-30-17(14)19(28)29/h2-6,11-12H,7-10,22H2,1H3,(H,23,27)(H,24,25)(H,28,29). The van der Waals surface area contributed by atoms with Gasteiger partial charge in [0, 0.05) is 24.0 Å². The molecule has 0 bridgehead atoms. The molecule has 162 valence electrons. The number of amides is 1. The van der Waals surface area contributed by atoms with Gasteiger partial charge in [-0.25, -0.2) is 9.78 Å². The molecule has 1 aromatic carbocycles. The van der Waals surface area contributed by atoms with Crippen LogP contribution in [0.3, 0.4) is 0 Å². The second-order valence-corrected chi connectivity index (χ2v) is 9.52. The minimum atomic E-state index is -1.00. The Kier molecular flexibility index (Phi) is 5.94. The second-order valence-electron chi connectivity index (χ2n) is 7.74. The molecule has 0 aliphatic carbocycles. The number of thiophene rings is 1. The largest absolute Gasteiger partial charge is 0.477 e. The van der Waals surface area contributed by atoms with Gasteiger partial charge in [-0.05, 0) is 43.3 Å². The number of piperidine rings is 1. The smallest absolute Gasteiger partial charge is 0.348 e. The molecule has 10 heteroatoms. The SMILES string of the molecule is CC1(N)CCN(c2ccccc2NC(=O)c2csc(Nc3ccsc3C(=O)O)n2)CC1. The summed E-state index contributed by atoms with van der Waals surface area (Å²) in [7, 11) is 0. The third-order valence-corrected chi connectivity index (χ3v) is 6.90. The van der Waals surface area contributed by atoms with Crippen LogP contribution in [-0.2, 0) is 0 Å². The van der Waals surface area contributed by atoms with Crippen LogP contribution in [0.5, 0.6) is 0 Å². The summed E-state index contributed by atoms with van der Waals surface area (Å²) >= 11 is 2.37. The van der Waals surface area contributed by atoms with Gasteiger partial charge in [0.15, 0.2) is 5.13 Å². The molecule has 1 aliphatic rings. The van der Waals surface area contributed by atoms with Gasteiger partial charge < -0.3 is 26.4 Å². The quantitative estimate of drug-likeness (QED) is 0.437. The molecule has 8 nitrogen and oxygen atoms in total. The Bertz CT molecular complexity index is 1100. The van der Waals surface area contributed by atoms with Crippen molar-refractivity contribution in [3.63, 3.8) is 0 Å². The lowest BCUT2D eigenvalue weighted by Crippen LogP contribution is -2.48. The number of aromatic carboxylic acids is 1. The first-order valence-electron chi connectivity index (χ1n) is 9.80. The van der Waals surface area contributed by atoms with Gasteiger partial charge in [0.25, 0.3) is 5.91 Å². The molecule has 1 fully saturated rings. The van der Waals surface area contributed by atoms with Crippen molar-refractivity contribution >= 4 is 56.7 Å². The summed E-state index contributed by atoms with van der Waals surface area (Å²) in [5.74, 6) is -1.32. The number of carbonyl (C=O) groups excluding carboxylic acids is 1. The van der Waals surface area contributed by atoms with Crippen molar-refractivity contribution in [1.29, 1.82) is 0 Å². The fourth-order valence-electron chi connectivity index (χ4n) is 3.42. The zero-order valence-electron chi connectivity index (χ0n) is 16.9. The van der Waals surface area contributed by atoms with Crippen molar-refractivity contribution in [2.75, 3.05) is 28.6 Å². The first kappa shape index (κ1) is 21.3. The molecule has 1 aliphatic heterocycles. The minimum Gasteiger partial charge on any atom is -0.477 e. The highest BCUT2D eigenvalue weighted by Crippen LogP contribution is 2.31. The molecule has 3 aromatic rings. The molecule has 0 radical (unpaired) electrons. The first-order valence-corrected chi connectivity index (χ1v) is 11.6. The number of nitrogens with two attached hydrogens (primary N) is 1. The van der Waals surface area contributed by atoms with Crippen molar-refractivity contribution in [3.05, 3.63) is 51.7 Å². The molecule has 0 spiro atoms. The summed E-state index contributed by atoms with van der Waals surface area (Å²) < 4.78 is 0. The fourth-order valence-corrected chi connectivity index (χ4v) is 4.81. The second kappa shape index (κ2) is 8.66. The van der Waals surface area contributed by atoms with E-state index in [1.165, 1.54) is 11.3 Å². The molecular weight excluding hydrogens is 434 g/mol. The number of nitrogens with zero attached hydrogens (tertiary/aromatic N) is 2.